The Morgan fingerprint density at radius 3 is 1.41 bits per heavy atom. The number of rotatable bonds is 4. The topological polar surface area (TPSA) is 0 Å². The Kier molecular flexibility index (Phi) is 4.56. The van der Waals surface area contributed by atoms with Gasteiger partial charge >= 0.3 is 0 Å². The van der Waals surface area contributed by atoms with E-state index in [0.29, 0.717) is 0 Å². The van der Waals surface area contributed by atoms with Crippen LogP contribution in [-0.4, -0.2) is 0 Å². The molecule has 2 atom stereocenters. The summed E-state index contributed by atoms with van der Waals surface area (Å²) in [6, 6.07) is 8.73. The molecule has 0 heterocycles. The zero-order chi connectivity index (χ0) is 19.4. The third-order valence-corrected chi connectivity index (χ3v) is 7.29. The van der Waals surface area contributed by atoms with Crippen LogP contribution in [0.3, 0.4) is 0 Å². The molecule has 0 radical (unpaired) electrons. The lowest BCUT2D eigenvalue weighted by Crippen LogP contribution is -2.19. The first kappa shape index (κ1) is 18.8. The van der Waals surface area contributed by atoms with Crippen molar-refractivity contribution in [2.24, 2.45) is 0 Å². The van der Waals surface area contributed by atoms with Gasteiger partial charge in [0.05, 0.1) is 9.75 Å². The smallest absolute Gasteiger partial charge is 0.0886 e. The van der Waals surface area contributed by atoms with Crippen LogP contribution in [0.1, 0.15) is 63.8 Å². The highest BCUT2D eigenvalue weighted by Crippen LogP contribution is 2.49. The quantitative estimate of drug-likeness (QED) is 0.464. The Morgan fingerprint density at radius 2 is 1.00 bits per heavy atom. The van der Waals surface area contributed by atoms with Gasteiger partial charge in [0.1, 0.15) is 0 Å². The summed E-state index contributed by atoms with van der Waals surface area (Å²) in [6.45, 7) is 8.63. The number of hydrogen-bond acceptors (Lipinski definition) is 0. The lowest BCUT2D eigenvalue weighted by atomic mass is 9.85. The molecular formula is C25H26Cl2. The summed E-state index contributed by atoms with van der Waals surface area (Å²) in [7, 11) is 0. The molecule has 0 nitrogen and oxygen atoms in total. The van der Waals surface area contributed by atoms with E-state index >= 15 is 0 Å². The highest BCUT2D eigenvalue weighted by Gasteiger charge is 2.38. The van der Waals surface area contributed by atoms with E-state index < -0.39 is 9.75 Å². The van der Waals surface area contributed by atoms with Crippen LogP contribution in [0.5, 0.6) is 0 Å². The Morgan fingerprint density at radius 1 is 0.630 bits per heavy atom. The van der Waals surface area contributed by atoms with Crippen molar-refractivity contribution in [1.29, 1.82) is 0 Å². The van der Waals surface area contributed by atoms with Gasteiger partial charge < -0.3 is 0 Å². The summed E-state index contributed by atoms with van der Waals surface area (Å²) in [5.41, 5.74) is 10.3. The van der Waals surface area contributed by atoms with Crippen LogP contribution in [0.2, 0.25) is 0 Å². The molecule has 0 fully saturated rings. The van der Waals surface area contributed by atoms with Crippen molar-refractivity contribution < 1.29 is 0 Å². The molecule has 0 bridgehead atoms. The Balaban J connectivity index is 1.55. The molecular weight excluding hydrogens is 371 g/mol. The fourth-order valence-electron chi connectivity index (χ4n) is 4.82. The lowest BCUT2D eigenvalue weighted by molar-refractivity contribution is 0.552. The van der Waals surface area contributed by atoms with Gasteiger partial charge in [-0.05, 0) is 91.5 Å². The van der Waals surface area contributed by atoms with E-state index in [9.17, 15) is 0 Å². The fourth-order valence-corrected chi connectivity index (χ4v) is 5.71. The molecule has 0 saturated heterocycles. The number of benzene rings is 2. The largest absolute Gasteiger partial charge is 0.109 e. The molecule has 2 aliphatic carbocycles. The number of allylic oxidation sites excluding steroid dienone is 2. The Labute approximate surface area is 172 Å². The first-order valence-electron chi connectivity index (χ1n) is 9.73. The van der Waals surface area contributed by atoms with Crippen molar-refractivity contribution in [3.05, 3.63) is 80.9 Å². The highest BCUT2D eigenvalue weighted by atomic mass is 35.5. The first-order chi connectivity index (χ1) is 12.8. The van der Waals surface area contributed by atoms with Gasteiger partial charge in [0, 0.05) is 0 Å². The summed E-state index contributed by atoms with van der Waals surface area (Å²) >= 11 is 14.2. The summed E-state index contributed by atoms with van der Waals surface area (Å²) in [6.07, 6.45) is 11.5. The van der Waals surface area contributed by atoms with Crippen LogP contribution in [0.4, 0.5) is 0 Å². The average molecular weight is 397 g/mol. The van der Waals surface area contributed by atoms with Gasteiger partial charge in [0.2, 0.25) is 0 Å². The Bertz CT molecular complexity index is 903. The number of alkyl halides is 2. The van der Waals surface area contributed by atoms with Crippen molar-refractivity contribution in [2.75, 3.05) is 0 Å². The maximum Gasteiger partial charge on any atom is 0.0886 e. The van der Waals surface area contributed by atoms with Gasteiger partial charge in [-0.3, -0.25) is 0 Å². The minimum atomic E-state index is -0.411. The molecule has 0 amide bonds. The second kappa shape index (κ2) is 6.54. The van der Waals surface area contributed by atoms with Gasteiger partial charge in [0.15, 0.2) is 0 Å². The van der Waals surface area contributed by atoms with Crippen molar-refractivity contribution >= 4 is 35.4 Å². The molecule has 2 aromatic rings. The van der Waals surface area contributed by atoms with Crippen LogP contribution in [0.15, 0.2) is 36.4 Å². The molecule has 0 saturated carbocycles. The van der Waals surface area contributed by atoms with E-state index in [0.717, 1.165) is 19.3 Å². The van der Waals surface area contributed by atoms with E-state index in [1.807, 2.05) is 0 Å². The highest BCUT2D eigenvalue weighted by molar-refractivity contribution is 6.27. The SMILES string of the molecule is Cc1ccc(C)c2c1C=CC2(Cl)CCCC1(Cl)C=Cc2c(C)ccc(C)c21. The summed E-state index contributed by atoms with van der Waals surface area (Å²) < 4.78 is 0. The van der Waals surface area contributed by atoms with Gasteiger partial charge in [-0.1, -0.05) is 48.6 Å². The normalized spacial score (nSPS) is 25.1. The lowest BCUT2D eigenvalue weighted by Gasteiger charge is -2.28. The van der Waals surface area contributed by atoms with E-state index in [1.165, 1.54) is 44.5 Å². The molecule has 0 aromatic heterocycles. The van der Waals surface area contributed by atoms with Gasteiger partial charge in [-0.25, -0.2) is 0 Å². The fraction of sp³-hybridized carbons (Fsp3) is 0.360. The Hall–Kier alpha value is -1.50. The molecule has 2 aromatic carbocycles. The third-order valence-electron chi connectivity index (χ3n) is 6.28. The maximum absolute atomic E-state index is 7.12. The number of fused-ring (bicyclic) bond motifs is 2. The number of halogens is 2. The monoisotopic (exact) mass is 396 g/mol. The van der Waals surface area contributed by atoms with Crippen molar-refractivity contribution in [3.63, 3.8) is 0 Å². The predicted octanol–water partition coefficient (Wildman–Crippen LogP) is 7.71. The van der Waals surface area contributed by atoms with E-state index in [1.54, 1.807) is 0 Å². The number of hydrogen-bond donors (Lipinski definition) is 0. The molecule has 0 aliphatic heterocycles. The van der Waals surface area contributed by atoms with Crippen molar-refractivity contribution in [1.82, 2.24) is 0 Å². The first-order valence-corrected chi connectivity index (χ1v) is 10.5. The standard InChI is InChI=1S/C25H26Cl2/c1-16-6-8-18(3)22-20(16)10-14-24(22,26)12-5-13-25(27)15-11-21-17(2)7-9-19(4)23(21)25/h6-11,14-15H,5,12-13H2,1-4H3. The van der Waals surface area contributed by atoms with Crippen LogP contribution < -0.4 is 0 Å². The minimum Gasteiger partial charge on any atom is -0.109 e. The predicted molar refractivity (Wildman–Crippen MR) is 119 cm³/mol. The molecule has 4 rings (SSSR count). The summed E-state index contributed by atoms with van der Waals surface area (Å²) in [5, 5.41) is 0. The zero-order valence-electron chi connectivity index (χ0n) is 16.5. The molecule has 2 unspecified atom stereocenters. The summed E-state index contributed by atoms with van der Waals surface area (Å²) in [5.74, 6) is 0. The van der Waals surface area contributed by atoms with E-state index in [4.69, 9.17) is 23.2 Å². The van der Waals surface area contributed by atoms with E-state index in [2.05, 4.69) is 76.3 Å². The minimum absolute atomic E-state index is 0.411. The van der Waals surface area contributed by atoms with Crippen molar-refractivity contribution in [2.45, 2.75) is 56.7 Å². The molecule has 140 valence electrons. The van der Waals surface area contributed by atoms with Crippen LogP contribution in [0.25, 0.3) is 12.2 Å². The third kappa shape index (κ3) is 2.98. The zero-order valence-corrected chi connectivity index (χ0v) is 18.0. The maximum atomic E-state index is 7.12. The van der Waals surface area contributed by atoms with Crippen LogP contribution >= 0.6 is 23.2 Å². The molecule has 27 heavy (non-hydrogen) atoms. The van der Waals surface area contributed by atoms with Gasteiger partial charge in [-0.15, -0.1) is 23.2 Å². The molecule has 0 spiro atoms. The molecule has 2 aliphatic rings. The molecule has 0 N–H and O–H groups in total. The number of aryl methyl sites for hydroxylation is 4. The second-order valence-corrected chi connectivity index (χ2v) is 9.57. The van der Waals surface area contributed by atoms with Crippen LogP contribution in [0, 0.1) is 27.7 Å². The van der Waals surface area contributed by atoms with E-state index in [-0.39, 0.29) is 0 Å². The second-order valence-electron chi connectivity index (χ2n) is 8.22. The average Bonchev–Trinajstić information content (AvgIpc) is 3.15. The molecule has 2 heteroatoms. The van der Waals surface area contributed by atoms with Gasteiger partial charge in [-0.2, -0.15) is 0 Å². The van der Waals surface area contributed by atoms with Crippen molar-refractivity contribution in [3.8, 4) is 0 Å². The summed E-state index contributed by atoms with van der Waals surface area (Å²) in [4.78, 5) is -0.822. The van der Waals surface area contributed by atoms with Gasteiger partial charge in [0.25, 0.3) is 0 Å². The van der Waals surface area contributed by atoms with Crippen LogP contribution in [-0.2, 0) is 9.75 Å².